The number of aromatic nitrogens is 3. The average molecular weight is 237 g/mol. The molecule has 0 spiro atoms. The standard InChI is InChI=1S/C12H19N3O2/c16-8-3-1-2-7-15-12(10-5-4-6-10)11(9-17)13-14-15/h9-10,16H,1-8H2. The third-order valence-electron chi connectivity index (χ3n) is 3.43. The van der Waals surface area contributed by atoms with E-state index in [1.54, 1.807) is 0 Å². The van der Waals surface area contributed by atoms with Crippen LogP contribution in [0, 0.1) is 0 Å². The molecule has 0 aromatic carbocycles. The van der Waals surface area contributed by atoms with Gasteiger partial charge in [-0.25, -0.2) is 4.68 Å². The van der Waals surface area contributed by atoms with Crippen LogP contribution >= 0.6 is 0 Å². The third-order valence-corrected chi connectivity index (χ3v) is 3.43. The molecule has 1 aromatic rings. The van der Waals surface area contributed by atoms with Gasteiger partial charge < -0.3 is 5.11 Å². The van der Waals surface area contributed by atoms with Crippen LogP contribution in [0.1, 0.15) is 60.6 Å². The molecular formula is C12H19N3O2. The van der Waals surface area contributed by atoms with E-state index in [0.29, 0.717) is 11.6 Å². The number of unbranched alkanes of at least 4 members (excludes halogenated alkanes) is 2. The van der Waals surface area contributed by atoms with Crippen LogP contribution in [0.2, 0.25) is 0 Å². The lowest BCUT2D eigenvalue weighted by atomic mass is 9.82. The van der Waals surface area contributed by atoms with Gasteiger partial charge in [0.05, 0.1) is 5.69 Å². The van der Waals surface area contributed by atoms with E-state index in [2.05, 4.69) is 10.3 Å². The molecular weight excluding hydrogens is 218 g/mol. The first-order valence-electron chi connectivity index (χ1n) is 6.36. The number of hydrogen-bond acceptors (Lipinski definition) is 4. The fourth-order valence-electron chi connectivity index (χ4n) is 2.23. The van der Waals surface area contributed by atoms with Crippen molar-refractivity contribution in [3.05, 3.63) is 11.4 Å². The van der Waals surface area contributed by atoms with Crippen LogP contribution in [-0.4, -0.2) is 33.0 Å². The van der Waals surface area contributed by atoms with Gasteiger partial charge in [-0.15, -0.1) is 5.10 Å². The quantitative estimate of drug-likeness (QED) is 0.576. The molecule has 17 heavy (non-hydrogen) atoms. The predicted octanol–water partition coefficient (Wildman–Crippen LogP) is 1.52. The molecule has 0 aliphatic heterocycles. The lowest BCUT2D eigenvalue weighted by Gasteiger charge is -2.26. The van der Waals surface area contributed by atoms with Gasteiger partial charge in [0.1, 0.15) is 5.69 Å². The average Bonchev–Trinajstić information content (AvgIpc) is 2.66. The summed E-state index contributed by atoms with van der Waals surface area (Å²) in [7, 11) is 0. The molecule has 1 heterocycles. The van der Waals surface area contributed by atoms with Gasteiger partial charge in [0, 0.05) is 19.1 Å². The molecule has 1 aliphatic carbocycles. The summed E-state index contributed by atoms with van der Waals surface area (Å²) in [6.45, 7) is 1.04. The lowest BCUT2D eigenvalue weighted by molar-refractivity contribution is 0.111. The number of nitrogens with zero attached hydrogens (tertiary/aromatic N) is 3. The van der Waals surface area contributed by atoms with Crippen molar-refractivity contribution >= 4 is 6.29 Å². The summed E-state index contributed by atoms with van der Waals surface area (Å²) < 4.78 is 1.88. The zero-order valence-electron chi connectivity index (χ0n) is 10.0. The number of carbonyl (C=O) groups is 1. The van der Waals surface area contributed by atoms with E-state index in [4.69, 9.17) is 5.11 Å². The largest absolute Gasteiger partial charge is 0.396 e. The van der Waals surface area contributed by atoms with Crippen LogP contribution in [-0.2, 0) is 6.54 Å². The van der Waals surface area contributed by atoms with Gasteiger partial charge in [-0.05, 0) is 32.1 Å². The van der Waals surface area contributed by atoms with E-state index in [-0.39, 0.29) is 6.61 Å². The van der Waals surface area contributed by atoms with Crippen LogP contribution in [0.25, 0.3) is 0 Å². The first-order chi connectivity index (χ1) is 8.36. The first-order valence-corrected chi connectivity index (χ1v) is 6.36. The van der Waals surface area contributed by atoms with Crippen molar-refractivity contribution in [1.82, 2.24) is 15.0 Å². The summed E-state index contributed by atoms with van der Waals surface area (Å²) in [5.74, 6) is 0.475. The Kier molecular flexibility index (Phi) is 4.25. The zero-order chi connectivity index (χ0) is 12.1. The second kappa shape index (κ2) is 5.91. The number of aliphatic hydroxyl groups excluding tert-OH is 1. The summed E-state index contributed by atoms with van der Waals surface area (Å²) in [6, 6.07) is 0. The van der Waals surface area contributed by atoms with Crippen LogP contribution in [0.3, 0.4) is 0 Å². The van der Waals surface area contributed by atoms with Gasteiger partial charge in [0.25, 0.3) is 0 Å². The maximum atomic E-state index is 10.9. The van der Waals surface area contributed by atoms with Gasteiger partial charge >= 0.3 is 0 Å². The highest BCUT2D eigenvalue weighted by Crippen LogP contribution is 2.37. The Bertz CT molecular complexity index is 372. The van der Waals surface area contributed by atoms with E-state index in [1.807, 2.05) is 4.68 Å². The second-order valence-corrected chi connectivity index (χ2v) is 4.61. The number of rotatable bonds is 7. The summed E-state index contributed by atoms with van der Waals surface area (Å²) in [6.07, 6.45) is 7.12. The Hall–Kier alpha value is -1.23. The summed E-state index contributed by atoms with van der Waals surface area (Å²) >= 11 is 0. The normalized spacial score (nSPS) is 15.8. The highest BCUT2D eigenvalue weighted by atomic mass is 16.2. The molecule has 1 aromatic heterocycles. The van der Waals surface area contributed by atoms with Crippen LogP contribution in [0.4, 0.5) is 0 Å². The maximum Gasteiger partial charge on any atom is 0.172 e. The van der Waals surface area contributed by atoms with Crippen LogP contribution in [0.5, 0.6) is 0 Å². The maximum absolute atomic E-state index is 10.9. The molecule has 1 fully saturated rings. The van der Waals surface area contributed by atoms with Gasteiger partial charge in [-0.2, -0.15) is 0 Å². The minimum Gasteiger partial charge on any atom is -0.396 e. The highest BCUT2D eigenvalue weighted by Gasteiger charge is 2.27. The van der Waals surface area contributed by atoms with Crippen molar-refractivity contribution in [2.75, 3.05) is 6.61 Å². The van der Waals surface area contributed by atoms with Crippen LogP contribution in [0.15, 0.2) is 0 Å². The molecule has 0 bridgehead atoms. The minimum atomic E-state index is 0.242. The second-order valence-electron chi connectivity index (χ2n) is 4.61. The SMILES string of the molecule is O=Cc1nnn(CCCCCO)c1C1CCC1. The molecule has 0 saturated heterocycles. The molecule has 0 atom stereocenters. The summed E-state index contributed by atoms with van der Waals surface area (Å²) in [5.41, 5.74) is 1.53. The van der Waals surface area contributed by atoms with Crippen molar-refractivity contribution in [2.45, 2.75) is 51.0 Å². The summed E-state index contributed by atoms with van der Waals surface area (Å²) in [5, 5.41) is 16.7. The van der Waals surface area contributed by atoms with Gasteiger partial charge in [-0.3, -0.25) is 4.79 Å². The molecule has 1 saturated carbocycles. The molecule has 94 valence electrons. The van der Waals surface area contributed by atoms with Crippen LogP contribution < -0.4 is 0 Å². The Morgan fingerprint density at radius 3 is 2.76 bits per heavy atom. The van der Waals surface area contributed by atoms with Crippen molar-refractivity contribution in [2.24, 2.45) is 0 Å². The molecule has 5 heteroatoms. The minimum absolute atomic E-state index is 0.242. The van der Waals surface area contributed by atoms with E-state index in [1.165, 1.54) is 6.42 Å². The first kappa shape index (κ1) is 12.2. The van der Waals surface area contributed by atoms with E-state index >= 15 is 0 Å². The van der Waals surface area contributed by atoms with E-state index in [9.17, 15) is 4.79 Å². The van der Waals surface area contributed by atoms with E-state index in [0.717, 1.165) is 50.6 Å². The third kappa shape index (κ3) is 2.72. The van der Waals surface area contributed by atoms with Crippen molar-refractivity contribution in [3.8, 4) is 0 Å². The molecule has 1 N–H and O–H groups in total. The monoisotopic (exact) mass is 237 g/mol. The molecule has 1 aliphatic rings. The molecule has 2 rings (SSSR count). The highest BCUT2D eigenvalue weighted by molar-refractivity contribution is 5.73. The van der Waals surface area contributed by atoms with Crippen molar-refractivity contribution in [1.29, 1.82) is 0 Å². The van der Waals surface area contributed by atoms with Gasteiger partial charge in [0.15, 0.2) is 6.29 Å². The molecule has 0 unspecified atom stereocenters. The Morgan fingerprint density at radius 2 is 2.18 bits per heavy atom. The number of aliphatic hydroxyl groups is 1. The number of aryl methyl sites for hydroxylation is 1. The van der Waals surface area contributed by atoms with Gasteiger partial charge in [-0.1, -0.05) is 11.6 Å². The fraction of sp³-hybridized carbons (Fsp3) is 0.750. The van der Waals surface area contributed by atoms with E-state index < -0.39 is 0 Å². The Balaban J connectivity index is 2.00. The predicted molar refractivity (Wildman–Crippen MR) is 62.9 cm³/mol. The molecule has 0 radical (unpaired) electrons. The summed E-state index contributed by atoms with van der Waals surface area (Å²) in [4.78, 5) is 10.9. The fourth-order valence-corrected chi connectivity index (χ4v) is 2.23. The Morgan fingerprint density at radius 1 is 1.35 bits per heavy atom. The van der Waals surface area contributed by atoms with Gasteiger partial charge in [0.2, 0.25) is 0 Å². The van der Waals surface area contributed by atoms with Crippen molar-refractivity contribution in [3.63, 3.8) is 0 Å². The smallest absolute Gasteiger partial charge is 0.172 e. The van der Waals surface area contributed by atoms with Crippen molar-refractivity contribution < 1.29 is 9.90 Å². The molecule has 0 amide bonds. The Labute approximate surface area is 101 Å². The zero-order valence-corrected chi connectivity index (χ0v) is 10.0. The number of hydrogen-bond donors (Lipinski definition) is 1. The number of aldehydes is 1. The number of carbonyl (C=O) groups excluding carboxylic acids is 1. The molecule has 5 nitrogen and oxygen atoms in total. The topological polar surface area (TPSA) is 68.0 Å². The lowest BCUT2D eigenvalue weighted by Crippen LogP contribution is -2.17.